The number of aromatic nitrogens is 3. The van der Waals surface area contributed by atoms with Gasteiger partial charge in [0, 0.05) is 57.2 Å². The van der Waals surface area contributed by atoms with E-state index >= 15 is 0 Å². The second-order valence-corrected chi connectivity index (χ2v) is 7.94. The predicted octanol–water partition coefficient (Wildman–Crippen LogP) is 3.18. The highest BCUT2D eigenvalue weighted by Crippen LogP contribution is 2.25. The fraction of sp³-hybridized carbons (Fsp3) is 0.348. The van der Waals surface area contributed by atoms with E-state index in [0.717, 1.165) is 48.8 Å². The van der Waals surface area contributed by atoms with E-state index in [4.69, 9.17) is 0 Å². The molecule has 4 rings (SSSR count). The fourth-order valence-electron chi connectivity index (χ4n) is 3.76. The molecule has 0 aliphatic carbocycles. The number of carbonyl (C=O) groups excluding carboxylic acids is 1. The maximum atomic E-state index is 12.5. The molecule has 0 spiro atoms. The standard InChI is InChI=1S/C23H28N6O/c1-28(2)19-7-5-6-18(14-19)23(30)25-16-17-9-12-29(13-10-17)22-15-21(26-27-22)20-8-3-4-11-24-20/h3-8,11,14-15,17H,9-10,12-13,16H2,1-2H3,(H,25,30)(H,26,27). The zero-order valence-corrected chi connectivity index (χ0v) is 17.5. The first-order valence-electron chi connectivity index (χ1n) is 10.4. The van der Waals surface area contributed by atoms with Crippen molar-refractivity contribution in [2.75, 3.05) is 43.5 Å². The summed E-state index contributed by atoms with van der Waals surface area (Å²) in [6.45, 7) is 2.57. The number of pyridine rings is 1. The monoisotopic (exact) mass is 404 g/mol. The Kier molecular flexibility index (Phi) is 5.97. The van der Waals surface area contributed by atoms with Crippen LogP contribution in [0.4, 0.5) is 11.5 Å². The molecule has 2 N–H and O–H groups in total. The van der Waals surface area contributed by atoms with Gasteiger partial charge in [-0.25, -0.2) is 0 Å². The SMILES string of the molecule is CN(C)c1cccc(C(=O)NCC2CCN(c3cc(-c4ccccn4)[nH]n3)CC2)c1. The molecule has 2 aromatic heterocycles. The van der Waals surface area contributed by atoms with Crippen molar-refractivity contribution in [1.82, 2.24) is 20.5 Å². The first-order valence-corrected chi connectivity index (χ1v) is 10.4. The summed E-state index contributed by atoms with van der Waals surface area (Å²) in [5.74, 6) is 1.43. The minimum Gasteiger partial charge on any atom is -0.378 e. The molecule has 0 atom stereocenters. The summed E-state index contributed by atoms with van der Waals surface area (Å²) < 4.78 is 0. The Bertz CT molecular complexity index is 976. The van der Waals surface area contributed by atoms with E-state index in [1.54, 1.807) is 6.20 Å². The average molecular weight is 405 g/mol. The van der Waals surface area contributed by atoms with Gasteiger partial charge < -0.3 is 15.1 Å². The van der Waals surface area contributed by atoms with Gasteiger partial charge in [-0.2, -0.15) is 5.10 Å². The number of amides is 1. The maximum absolute atomic E-state index is 12.5. The van der Waals surface area contributed by atoms with E-state index in [1.807, 2.05) is 61.5 Å². The van der Waals surface area contributed by atoms with Gasteiger partial charge in [-0.05, 0) is 49.1 Å². The molecule has 3 aromatic rings. The van der Waals surface area contributed by atoms with Gasteiger partial charge in [-0.3, -0.25) is 14.9 Å². The molecule has 1 aromatic carbocycles. The lowest BCUT2D eigenvalue weighted by molar-refractivity contribution is 0.0945. The fourth-order valence-corrected chi connectivity index (χ4v) is 3.76. The second-order valence-electron chi connectivity index (χ2n) is 7.94. The summed E-state index contributed by atoms with van der Waals surface area (Å²) >= 11 is 0. The largest absolute Gasteiger partial charge is 0.378 e. The van der Waals surface area contributed by atoms with Crippen molar-refractivity contribution in [2.24, 2.45) is 5.92 Å². The summed E-state index contributed by atoms with van der Waals surface area (Å²) in [4.78, 5) is 21.2. The predicted molar refractivity (Wildman–Crippen MR) is 120 cm³/mol. The lowest BCUT2D eigenvalue weighted by atomic mass is 9.96. The minimum atomic E-state index is -0.00608. The van der Waals surface area contributed by atoms with E-state index in [1.165, 1.54) is 0 Å². The van der Waals surface area contributed by atoms with E-state index in [-0.39, 0.29) is 5.91 Å². The molecule has 0 radical (unpaired) electrons. The van der Waals surface area contributed by atoms with Crippen molar-refractivity contribution < 1.29 is 4.79 Å². The van der Waals surface area contributed by atoms with Crippen LogP contribution in [-0.2, 0) is 0 Å². The third-order valence-corrected chi connectivity index (χ3v) is 5.62. The zero-order valence-electron chi connectivity index (χ0n) is 17.5. The average Bonchev–Trinajstić information content (AvgIpc) is 3.29. The Labute approximate surface area is 177 Å². The highest BCUT2D eigenvalue weighted by atomic mass is 16.1. The van der Waals surface area contributed by atoms with Gasteiger partial charge in [0.25, 0.3) is 5.91 Å². The number of hydrogen-bond donors (Lipinski definition) is 2. The Balaban J connectivity index is 1.27. The molecule has 1 aliphatic rings. The van der Waals surface area contributed by atoms with Crippen molar-refractivity contribution in [2.45, 2.75) is 12.8 Å². The molecule has 1 aliphatic heterocycles. The molecule has 1 amide bonds. The van der Waals surface area contributed by atoms with E-state index in [0.29, 0.717) is 18.0 Å². The van der Waals surface area contributed by atoms with Crippen LogP contribution in [0.1, 0.15) is 23.2 Å². The number of benzene rings is 1. The molecule has 0 bridgehead atoms. The third kappa shape index (κ3) is 4.62. The van der Waals surface area contributed by atoms with Crippen molar-refractivity contribution >= 4 is 17.4 Å². The number of hydrogen-bond acceptors (Lipinski definition) is 5. The zero-order chi connectivity index (χ0) is 20.9. The molecular weight excluding hydrogens is 376 g/mol. The Hall–Kier alpha value is -3.35. The number of anilines is 2. The normalized spacial score (nSPS) is 14.5. The first kappa shape index (κ1) is 19.9. The molecular formula is C23H28N6O. The Morgan fingerprint density at radius 2 is 2.00 bits per heavy atom. The van der Waals surface area contributed by atoms with Gasteiger partial charge in [0.1, 0.15) is 0 Å². The van der Waals surface area contributed by atoms with Crippen LogP contribution in [0.25, 0.3) is 11.4 Å². The van der Waals surface area contributed by atoms with Gasteiger partial charge in [-0.1, -0.05) is 12.1 Å². The molecule has 0 unspecified atom stereocenters. The lowest BCUT2D eigenvalue weighted by Crippen LogP contribution is -2.38. The first-order chi connectivity index (χ1) is 14.6. The molecule has 30 heavy (non-hydrogen) atoms. The van der Waals surface area contributed by atoms with E-state index in [9.17, 15) is 4.79 Å². The highest BCUT2D eigenvalue weighted by molar-refractivity contribution is 5.95. The molecule has 3 heterocycles. The number of H-pyrrole nitrogens is 1. The van der Waals surface area contributed by atoms with Crippen LogP contribution in [0, 0.1) is 5.92 Å². The van der Waals surface area contributed by atoms with Crippen molar-refractivity contribution in [3.8, 4) is 11.4 Å². The van der Waals surface area contributed by atoms with Crippen LogP contribution < -0.4 is 15.1 Å². The van der Waals surface area contributed by atoms with Crippen LogP contribution in [-0.4, -0.2) is 54.8 Å². The summed E-state index contributed by atoms with van der Waals surface area (Å²) in [7, 11) is 3.95. The van der Waals surface area contributed by atoms with Crippen LogP contribution in [0.3, 0.4) is 0 Å². The summed E-state index contributed by atoms with van der Waals surface area (Å²) in [5.41, 5.74) is 3.56. The lowest BCUT2D eigenvalue weighted by Gasteiger charge is -2.32. The quantitative estimate of drug-likeness (QED) is 0.660. The molecule has 0 saturated carbocycles. The Morgan fingerprint density at radius 1 is 1.17 bits per heavy atom. The number of carbonyl (C=O) groups is 1. The Morgan fingerprint density at radius 3 is 2.73 bits per heavy atom. The van der Waals surface area contributed by atoms with Crippen LogP contribution >= 0.6 is 0 Å². The van der Waals surface area contributed by atoms with Crippen LogP contribution in [0.5, 0.6) is 0 Å². The number of rotatable bonds is 6. The second kappa shape index (κ2) is 8.98. The van der Waals surface area contributed by atoms with Crippen LogP contribution in [0.2, 0.25) is 0 Å². The third-order valence-electron chi connectivity index (χ3n) is 5.62. The molecule has 1 fully saturated rings. The van der Waals surface area contributed by atoms with Gasteiger partial charge in [-0.15, -0.1) is 0 Å². The molecule has 156 valence electrons. The summed E-state index contributed by atoms with van der Waals surface area (Å²) in [6, 6.07) is 15.6. The summed E-state index contributed by atoms with van der Waals surface area (Å²) in [5, 5.41) is 10.7. The maximum Gasteiger partial charge on any atom is 0.251 e. The van der Waals surface area contributed by atoms with Crippen LogP contribution in [0.15, 0.2) is 54.7 Å². The van der Waals surface area contributed by atoms with Gasteiger partial charge >= 0.3 is 0 Å². The minimum absolute atomic E-state index is 0.00608. The molecule has 7 nitrogen and oxygen atoms in total. The summed E-state index contributed by atoms with van der Waals surface area (Å²) in [6.07, 6.45) is 3.85. The number of piperidine rings is 1. The van der Waals surface area contributed by atoms with Gasteiger partial charge in [0.05, 0.1) is 11.4 Å². The smallest absolute Gasteiger partial charge is 0.251 e. The molecule has 7 heteroatoms. The highest BCUT2D eigenvalue weighted by Gasteiger charge is 2.22. The van der Waals surface area contributed by atoms with Crippen molar-refractivity contribution in [1.29, 1.82) is 0 Å². The van der Waals surface area contributed by atoms with Gasteiger partial charge in [0.15, 0.2) is 5.82 Å². The topological polar surface area (TPSA) is 77.2 Å². The van der Waals surface area contributed by atoms with E-state index in [2.05, 4.69) is 31.5 Å². The number of nitrogens with one attached hydrogen (secondary N) is 2. The number of aromatic amines is 1. The van der Waals surface area contributed by atoms with Crippen molar-refractivity contribution in [3.63, 3.8) is 0 Å². The van der Waals surface area contributed by atoms with E-state index < -0.39 is 0 Å². The molecule has 1 saturated heterocycles. The number of nitrogens with zero attached hydrogens (tertiary/aromatic N) is 4. The van der Waals surface area contributed by atoms with Gasteiger partial charge in [0.2, 0.25) is 0 Å². The van der Waals surface area contributed by atoms with Crippen molar-refractivity contribution in [3.05, 3.63) is 60.3 Å².